The van der Waals surface area contributed by atoms with Crippen LogP contribution in [-0.2, 0) is 6.42 Å². The smallest absolute Gasteiger partial charge is 0.0745 e. The Kier molecular flexibility index (Phi) is 5.46. The first-order valence-electron chi connectivity index (χ1n) is 6.55. The second-order valence-electron chi connectivity index (χ2n) is 4.60. The number of aliphatic hydroxyl groups is 1. The molecule has 2 aromatic carbocycles. The molecule has 0 aromatic heterocycles. The van der Waals surface area contributed by atoms with E-state index in [-0.39, 0.29) is 12.6 Å². The third-order valence-corrected chi connectivity index (χ3v) is 4.45. The Balaban J connectivity index is 2.16. The van der Waals surface area contributed by atoms with E-state index >= 15 is 0 Å². The summed E-state index contributed by atoms with van der Waals surface area (Å²) in [6.45, 7) is 2.16. The Labute approximate surface area is 132 Å². The Hall–Kier alpha value is -1.03. The summed E-state index contributed by atoms with van der Waals surface area (Å²) in [5.74, 6) is 0. The van der Waals surface area contributed by atoms with Gasteiger partial charge in [-0.2, -0.15) is 0 Å². The van der Waals surface area contributed by atoms with Crippen LogP contribution in [0.4, 0.5) is 5.69 Å². The van der Waals surface area contributed by atoms with E-state index in [1.165, 1.54) is 5.56 Å². The maximum Gasteiger partial charge on any atom is 0.0745 e. The van der Waals surface area contributed by atoms with Gasteiger partial charge in [0.1, 0.15) is 0 Å². The summed E-state index contributed by atoms with van der Waals surface area (Å²) in [5.41, 5.74) is 3.27. The number of nitrogens with one attached hydrogen (secondary N) is 1. The minimum Gasteiger partial charge on any atom is -0.394 e. The van der Waals surface area contributed by atoms with Gasteiger partial charge < -0.3 is 10.4 Å². The van der Waals surface area contributed by atoms with Crippen molar-refractivity contribution >= 4 is 33.2 Å². The fourth-order valence-electron chi connectivity index (χ4n) is 2.01. The van der Waals surface area contributed by atoms with Crippen LogP contribution in [0.2, 0.25) is 5.02 Å². The maximum absolute atomic E-state index is 9.59. The van der Waals surface area contributed by atoms with Gasteiger partial charge in [-0.25, -0.2) is 0 Å². The molecule has 2 nitrogen and oxygen atoms in total. The van der Waals surface area contributed by atoms with Gasteiger partial charge in [-0.05, 0) is 51.7 Å². The zero-order chi connectivity index (χ0) is 14.5. The molecule has 1 unspecified atom stereocenters. The molecule has 2 aromatic rings. The monoisotopic (exact) mass is 353 g/mol. The topological polar surface area (TPSA) is 32.3 Å². The molecular weight excluding hydrogens is 338 g/mol. The predicted molar refractivity (Wildman–Crippen MR) is 88.4 cm³/mol. The van der Waals surface area contributed by atoms with Crippen molar-refractivity contribution in [3.8, 4) is 0 Å². The quantitative estimate of drug-likeness (QED) is 0.807. The summed E-state index contributed by atoms with van der Waals surface area (Å²) in [4.78, 5) is 0. The maximum atomic E-state index is 9.59. The van der Waals surface area contributed by atoms with Gasteiger partial charge in [0.15, 0.2) is 0 Å². The molecule has 0 aliphatic heterocycles. The lowest BCUT2D eigenvalue weighted by atomic mass is 10.0. The first-order valence-corrected chi connectivity index (χ1v) is 7.72. The number of aryl methyl sites for hydroxylation is 1. The molecule has 0 bridgehead atoms. The van der Waals surface area contributed by atoms with Gasteiger partial charge in [0.2, 0.25) is 0 Å². The van der Waals surface area contributed by atoms with E-state index in [0.717, 1.165) is 22.1 Å². The van der Waals surface area contributed by atoms with E-state index in [0.29, 0.717) is 5.02 Å². The van der Waals surface area contributed by atoms with Crippen molar-refractivity contribution < 1.29 is 5.11 Å². The standard InChI is InChI=1S/C16H17BrClNO/c1-2-11-3-5-12(6-4-11)16(10-20)19-13-7-8-15(18)14(17)9-13/h3-9,16,19-20H,2,10H2,1H3. The second-order valence-corrected chi connectivity index (χ2v) is 5.87. The molecule has 0 aliphatic carbocycles. The molecule has 0 radical (unpaired) electrons. The molecule has 0 fully saturated rings. The minimum atomic E-state index is -0.131. The lowest BCUT2D eigenvalue weighted by Gasteiger charge is -2.19. The highest BCUT2D eigenvalue weighted by molar-refractivity contribution is 9.10. The van der Waals surface area contributed by atoms with Crippen LogP contribution in [-0.4, -0.2) is 11.7 Å². The Morgan fingerprint density at radius 2 is 1.90 bits per heavy atom. The van der Waals surface area contributed by atoms with Gasteiger partial charge >= 0.3 is 0 Å². The van der Waals surface area contributed by atoms with Gasteiger partial charge in [0.25, 0.3) is 0 Å². The number of rotatable bonds is 5. The van der Waals surface area contributed by atoms with E-state index in [1.807, 2.05) is 18.2 Å². The van der Waals surface area contributed by atoms with Crippen molar-refractivity contribution in [3.05, 3.63) is 63.1 Å². The molecule has 0 spiro atoms. The fourth-order valence-corrected chi connectivity index (χ4v) is 2.50. The Morgan fingerprint density at radius 3 is 2.45 bits per heavy atom. The van der Waals surface area contributed by atoms with E-state index in [4.69, 9.17) is 11.6 Å². The molecule has 20 heavy (non-hydrogen) atoms. The van der Waals surface area contributed by atoms with E-state index in [2.05, 4.69) is 52.4 Å². The number of benzene rings is 2. The largest absolute Gasteiger partial charge is 0.394 e. The highest BCUT2D eigenvalue weighted by Crippen LogP contribution is 2.28. The molecule has 1 atom stereocenters. The first-order chi connectivity index (χ1) is 9.63. The van der Waals surface area contributed by atoms with Gasteiger partial charge in [0.05, 0.1) is 17.7 Å². The lowest BCUT2D eigenvalue weighted by Crippen LogP contribution is -2.14. The summed E-state index contributed by atoms with van der Waals surface area (Å²) in [6, 6.07) is 13.8. The molecule has 0 saturated carbocycles. The van der Waals surface area contributed by atoms with E-state index in [9.17, 15) is 5.11 Å². The number of aliphatic hydroxyl groups excluding tert-OH is 1. The molecule has 0 heterocycles. The average Bonchev–Trinajstić information content (AvgIpc) is 2.48. The van der Waals surface area contributed by atoms with Crippen molar-refractivity contribution in [2.45, 2.75) is 19.4 Å². The lowest BCUT2D eigenvalue weighted by molar-refractivity contribution is 0.276. The third kappa shape index (κ3) is 3.75. The first kappa shape index (κ1) is 15.4. The SMILES string of the molecule is CCc1ccc(C(CO)Nc2ccc(Cl)c(Br)c2)cc1. The van der Waals surface area contributed by atoms with Crippen LogP contribution >= 0.6 is 27.5 Å². The Bertz CT molecular complexity index is 571. The Morgan fingerprint density at radius 1 is 1.20 bits per heavy atom. The molecule has 0 aliphatic rings. The van der Waals surface area contributed by atoms with Gasteiger partial charge in [-0.15, -0.1) is 0 Å². The highest BCUT2D eigenvalue weighted by atomic mass is 79.9. The molecule has 2 rings (SSSR count). The summed E-state index contributed by atoms with van der Waals surface area (Å²) < 4.78 is 0.835. The van der Waals surface area contributed by atoms with Crippen LogP contribution in [0.25, 0.3) is 0 Å². The van der Waals surface area contributed by atoms with E-state index < -0.39 is 0 Å². The van der Waals surface area contributed by atoms with Crippen molar-refractivity contribution in [1.29, 1.82) is 0 Å². The average molecular weight is 355 g/mol. The zero-order valence-corrected chi connectivity index (χ0v) is 13.6. The van der Waals surface area contributed by atoms with Crippen molar-refractivity contribution in [1.82, 2.24) is 0 Å². The number of hydrogen-bond acceptors (Lipinski definition) is 2. The van der Waals surface area contributed by atoms with Crippen LogP contribution in [0.1, 0.15) is 24.1 Å². The van der Waals surface area contributed by atoms with Crippen LogP contribution in [0.3, 0.4) is 0 Å². The summed E-state index contributed by atoms with van der Waals surface area (Å²) in [6.07, 6.45) is 1.02. The van der Waals surface area contributed by atoms with Crippen LogP contribution < -0.4 is 5.32 Å². The molecular formula is C16H17BrClNO. The van der Waals surface area contributed by atoms with Crippen molar-refractivity contribution in [3.63, 3.8) is 0 Å². The van der Waals surface area contributed by atoms with Gasteiger partial charge in [-0.3, -0.25) is 0 Å². The number of hydrogen-bond donors (Lipinski definition) is 2. The van der Waals surface area contributed by atoms with Crippen LogP contribution in [0.15, 0.2) is 46.9 Å². The summed E-state index contributed by atoms with van der Waals surface area (Å²) >= 11 is 9.38. The molecule has 0 amide bonds. The van der Waals surface area contributed by atoms with Gasteiger partial charge in [0, 0.05) is 10.2 Å². The minimum absolute atomic E-state index is 0.0334. The van der Waals surface area contributed by atoms with Crippen molar-refractivity contribution in [2.24, 2.45) is 0 Å². The number of anilines is 1. The number of halogens is 2. The van der Waals surface area contributed by atoms with E-state index in [1.54, 1.807) is 0 Å². The predicted octanol–water partition coefficient (Wildman–Crippen LogP) is 4.81. The van der Waals surface area contributed by atoms with Crippen LogP contribution in [0.5, 0.6) is 0 Å². The van der Waals surface area contributed by atoms with Crippen molar-refractivity contribution in [2.75, 3.05) is 11.9 Å². The fraction of sp³-hybridized carbons (Fsp3) is 0.250. The molecule has 106 valence electrons. The van der Waals surface area contributed by atoms with Gasteiger partial charge in [-0.1, -0.05) is 42.8 Å². The van der Waals surface area contributed by atoms with Crippen LogP contribution in [0, 0.1) is 0 Å². The summed E-state index contributed by atoms with van der Waals surface area (Å²) in [5, 5.41) is 13.6. The third-order valence-electron chi connectivity index (χ3n) is 3.23. The molecule has 4 heteroatoms. The zero-order valence-electron chi connectivity index (χ0n) is 11.2. The normalized spacial score (nSPS) is 12.2. The highest BCUT2D eigenvalue weighted by Gasteiger charge is 2.10. The second kappa shape index (κ2) is 7.11. The molecule has 0 saturated heterocycles. The molecule has 2 N–H and O–H groups in total. The summed E-state index contributed by atoms with van der Waals surface area (Å²) in [7, 11) is 0.